The van der Waals surface area contributed by atoms with Gasteiger partial charge in [-0.1, -0.05) is 328 Å². The zero-order chi connectivity index (χ0) is 99.1. The topological polar surface area (TPSA) is 209 Å². The molecule has 0 bridgehead atoms. The largest absolute Gasteiger partial charge is 0.456 e. The molecule has 0 atom stereocenters. The van der Waals surface area contributed by atoms with Gasteiger partial charge in [-0.05, 0) is 167 Å². The molecular weight excluding hydrogens is 1840 g/mol. The lowest BCUT2D eigenvalue weighted by molar-refractivity contribution is 0.668. The minimum absolute atomic E-state index is 0.526. The number of rotatable bonds is 15. The van der Waals surface area contributed by atoms with Crippen molar-refractivity contribution in [2.45, 2.75) is 0 Å². The van der Waals surface area contributed by atoms with Gasteiger partial charge in [0.2, 0.25) is 0 Å². The van der Waals surface area contributed by atoms with Gasteiger partial charge in [-0.3, -0.25) is 15.0 Å². The van der Waals surface area contributed by atoms with Crippen molar-refractivity contribution >= 4 is 131 Å². The molecule has 18 heteroatoms. The zero-order valence-corrected chi connectivity index (χ0v) is 80.2. The van der Waals surface area contributed by atoms with E-state index < -0.39 is 0 Å². The Morgan fingerprint density at radius 2 is 0.447 bits per heavy atom. The first kappa shape index (κ1) is 87.1. The predicted molar refractivity (Wildman–Crippen MR) is 603 cm³/mol. The van der Waals surface area contributed by atoms with E-state index in [1.54, 1.807) is 6.20 Å². The number of hydrogen-bond acceptors (Lipinski definition) is 15. The SMILES string of the molecule is c1ccc(-c2nc(-c3ccccc3)nc(-c3ccc(-n4c5ccccc5c5cc(-c6ccc7oc8ccccc8c7c6)ccc54)cn3)n2)cc1.c1ccc(-c2nc(-c3ccccc3)nc(-c3ccncc3-n3c4ccccc4c4cc(-c5ccc6oc7ccccc7c6c5)ccc43)n2)cc1.c1ccc(-c2nc(-c3ccccc3)nc(-c3cncc(-n4c5ccccc5c5cc(-c6ccc7oc8ccccc8c7c6)ccc54)c3)n2)cc1. The molecule has 30 rings (SSSR count). The molecule has 150 heavy (non-hydrogen) atoms. The Hall–Kier alpha value is -20.8. The smallest absolute Gasteiger partial charge is 0.182 e. The maximum Gasteiger partial charge on any atom is 0.182 e. The lowest BCUT2D eigenvalue weighted by Gasteiger charge is -2.14. The van der Waals surface area contributed by atoms with Gasteiger partial charge in [0.1, 0.15) is 39.2 Å². The molecule has 702 valence electrons. The Balaban J connectivity index is 0.000000108. The maximum atomic E-state index is 6.11. The Morgan fingerprint density at radius 1 is 0.160 bits per heavy atom. The monoisotopic (exact) mass is 1920 g/mol. The molecule has 0 saturated heterocycles. The maximum absolute atomic E-state index is 6.11. The van der Waals surface area contributed by atoms with E-state index in [-0.39, 0.29) is 0 Å². The summed E-state index contributed by atoms with van der Waals surface area (Å²) in [5.74, 6) is 5.36. The van der Waals surface area contributed by atoms with Crippen molar-refractivity contribution in [3.8, 4) is 153 Å². The van der Waals surface area contributed by atoms with Crippen LogP contribution < -0.4 is 0 Å². The summed E-state index contributed by atoms with van der Waals surface area (Å²) in [4.78, 5) is 58.6. The average Bonchev–Trinajstić information content (AvgIpc) is 1.59. The van der Waals surface area contributed by atoms with E-state index in [9.17, 15) is 0 Å². The van der Waals surface area contributed by atoms with E-state index in [1.807, 2.05) is 255 Å². The van der Waals surface area contributed by atoms with Gasteiger partial charge in [-0.25, -0.2) is 44.9 Å². The summed E-state index contributed by atoms with van der Waals surface area (Å²) >= 11 is 0. The number of furan rings is 3. The van der Waals surface area contributed by atoms with Gasteiger partial charge in [0.05, 0.1) is 68.8 Å². The molecule has 0 aliphatic heterocycles. The van der Waals surface area contributed by atoms with Gasteiger partial charge in [-0.2, -0.15) is 0 Å². The second kappa shape index (κ2) is 36.9. The summed E-state index contributed by atoms with van der Waals surface area (Å²) in [6.45, 7) is 0. The highest BCUT2D eigenvalue weighted by Gasteiger charge is 2.26. The van der Waals surface area contributed by atoms with Crippen molar-refractivity contribution < 1.29 is 13.3 Å². The molecular formula is C132H81N15O3. The molecule has 0 aliphatic rings. The Kier molecular flexibility index (Phi) is 21.4. The van der Waals surface area contributed by atoms with Crippen LogP contribution in [0.3, 0.4) is 0 Å². The number of pyridine rings is 3. The van der Waals surface area contributed by atoms with Gasteiger partial charge < -0.3 is 27.0 Å². The summed E-state index contributed by atoms with van der Waals surface area (Å²) in [7, 11) is 0. The number of hydrogen-bond donors (Lipinski definition) is 0. The van der Waals surface area contributed by atoms with Crippen molar-refractivity contribution in [1.29, 1.82) is 0 Å². The summed E-state index contributed by atoms with van der Waals surface area (Å²) in [6.07, 6.45) is 9.33. The van der Waals surface area contributed by atoms with Crippen molar-refractivity contribution in [2.75, 3.05) is 0 Å². The highest BCUT2D eigenvalue weighted by Crippen LogP contribution is 2.45. The summed E-state index contributed by atoms with van der Waals surface area (Å²) in [6, 6.07) is 158. The number of aromatic nitrogens is 15. The van der Waals surface area contributed by atoms with Crippen molar-refractivity contribution in [1.82, 2.24) is 73.5 Å². The third-order valence-corrected chi connectivity index (χ3v) is 28.0. The molecule has 0 N–H and O–H groups in total. The van der Waals surface area contributed by atoms with Crippen LogP contribution in [0.4, 0.5) is 0 Å². The van der Waals surface area contributed by atoms with Crippen LogP contribution in [0.15, 0.2) is 505 Å². The van der Waals surface area contributed by atoms with E-state index in [0.717, 1.165) is 205 Å². The Labute approximate surface area is 857 Å². The molecule has 0 saturated carbocycles. The van der Waals surface area contributed by atoms with E-state index in [0.29, 0.717) is 58.1 Å². The van der Waals surface area contributed by atoms with E-state index >= 15 is 0 Å². The summed E-state index contributed by atoms with van der Waals surface area (Å²) < 4.78 is 25.1. The van der Waals surface area contributed by atoms with Gasteiger partial charge in [-0.15, -0.1) is 0 Å². The number of para-hydroxylation sites is 6. The standard InChI is InChI=1S/3C44H27N5O/c1-3-11-28(12-4-1)42-46-43(29-13-5-2-6-14-29)48-44(47-42)37-22-21-32(27-45-37)49-38-17-9-7-15-33(38)35-25-30(19-23-39(35)49)31-20-24-41-36(26-31)34-16-8-10-18-40(34)50-41;1-3-11-28(12-4-1)42-46-43(29-13-5-2-6-14-29)48-44(47-42)32-23-33(27-45-26-32)49-38-17-9-7-15-34(38)36-24-30(19-21-39(36)49)31-20-22-41-37(25-31)35-16-8-10-18-40(35)50-41;1-3-11-28(12-4-1)42-46-43(29-13-5-2-6-14-29)48-44(47-42)34-23-24-45-27-39(34)49-37-17-9-7-15-32(37)35-25-30(19-21-38(35)49)31-20-22-41-36(26-31)33-16-8-10-18-40(33)50-41/h3*1-27H. The molecule has 0 spiro atoms. The third-order valence-electron chi connectivity index (χ3n) is 28.0. The van der Waals surface area contributed by atoms with Crippen molar-refractivity contribution in [3.63, 3.8) is 0 Å². The van der Waals surface area contributed by atoms with Crippen LogP contribution in [0.5, 0.6) is 0 Å². The van der Waals surface area contributed by atoms with Crippen LogP contribution in [-0.2, 0) is 0 Å². The van der Waals surface area contributed by atoms with Gasteiger partial charge in [0.25, 0.3) is 0 Å². The minimum atomic E-state index is 0.526. The first-order valence-electron chi connectivity index (χ1n) is 49.6. The molecule has 30 aromatic rings. The fraction of sp³-hybridized carbons (Fsp3) is 0. The first-order valence-corrected chi connectivity index (χ1v) is 49.6. The van der Waals surface area contributed by atoms with Crippen LogP contribution in [-0.4, -0.2) is 73.5 Å². The molecule has 0 amide bonds. The van der Waals surface area contributed by atoms with Crippen LogP contribution in [0.1, 0.15) is 0 Å². The number of nitrogens with zero attached hydrogens (tertiary/aromatic N) is 15. The molecule has 12 aromatic heterocycles. The van der Waals surface area contributed by atoms with Crippen LogP contribution in [0, 0.1) is 0 Å². The van der Waals surface area contributed by atoms with Gasteiger partial charge in [0.15, 0.2) is 52.4 Å². The lowest BCUT2D eigenvalue weighted by atomic mass is 10.0. The van der Waals surface area contributed by atoms with Gasteiger partial charge >= 0.3 is 0 Å². The molecule has 0 aliphatic carbocycles. The first-order chi connectivity index (χ1) is 74.3. The van der Waals surface area contributed by atoms with Crippen LogP contribution >= 0.6 is 0 Å². The summed E-state index contributed by atoms with van der Waals surface area (Å²) in [5.41, 5.74) is 29.5. The predicted octanol–water partition coefficient (Wildman–Crippen LogP) is 32.8. The molecule has 12 heterocycles. The molecule has 0 unspecified atom stereocenters. The minimum Gasteiger partial charge on any atom is -0.456 e. The van der Waals surface area contributed by atoms with Crippen molar-refractivity contribution in [2.24, 2.45) is 0 Å². The van der Waals surface area contributed by atoms with E-state index in [1.165, 1.54) is 21.5 Å². The lowest BCUT2D eigenvalue weighted by Crippen LogP contribution is -2.04. The Morgan fingerprint density at radius 3 is 0.813 bits per heavy atom. The third kappa shape index (κ3) is 15.8. The van der Waals surface area contributed by atoms with Crippen molar-refractivity contribution in [3.05, 3.63) is 492 Å². The van der Waals surface area contributed by atoms with Crippen LogP contribution in [0.25, 0.3) is 284 Å². The summed E-state index contributed by atoms with van der Waals surface area (Å²) in [5, 5.41) is 13.7. The van der Waals surface area contributed by atoms with Gasteiger partial charge in [0, 0.05) is 122 Å². The average molecular weight is 1930 g/mol. The van der Waals surface area contributed by atoms with E-state index in [4.69, 9.17) is 68.1 Å². The van der Waals surface area contributed by atoms with Crippen LogP contribution in [0.2, 0.25) is 0 Å². The highest BCUT2D eigenvalue weighted by atomic mass is 16.3. The molecule has 0 radical (unpaired) electrons. The fourth-order valence-corrected chi connectivity index (χ4v) is 20.9. The highest BCUT2D eigenvalue weighted by molar-refractivity contribution is 6.16. The second-order valence-electron chi connectivity index (χ2n) is 37.0. The quantitative estimate of drug-likeness (QED) is 0.0935. The number of fused-ring (bicyclic) bond motifs is 18. The molecule has 0 fully saturated rings. The van der Waals surface area contributed by atoms with E-state index in [2.05, 4.69) is 249 Å². The molecule has 18 nitrogen and oxygen atoms in total. The second-order valence-corrected chi connectivity index (χ2v) is 37.0. The normalized spacial score (nSPS) is 11.6. The number of benzene rings is 18. The Bertz CT molecular complexity index is 10300. The fourth-order valence-electron chi connectivity index (χ4n) is 20.9. The molecule has 18 aromatic carbocycles. The zero-order valence-electron chi connectivity index (χ0n) is 80.2.